The molecule has 3 aromatic rings. The third-order valence-corrected chi connectivity index (χ3v) is 6.42. The number of benzene rings is 1. The zero-order valence-corrected chi connectivity index (χ0v) is 16.8. The van der Waals surface area contributed by atoms with Crippen molar-refractivity contribution in [3.05, 3.63) is 53.4 Å². The summed E-state index contributed by atoms with van der Waals surface area (Å²) in [7, 11) is 1.48. The second kappa shape index (κ2) is 8.15. The first kappa shape index (κ1) is 18.7. The molecule has 1 aliphatic carbocycles. The van der Waals surface area contributed by atoms with Crippen molar-refractivity contribution in [1.29, 1.82) is 0 Å². The average Bonchev–Trinajstić information content (AvgIpc) is 3.24. The van der Waals surface area contributed by atoms with Crippen LogP contribution in [0.15, 0.2) is 53.0 Å². The molecule has 1 saturated carbocycles. The molecule has 4 rings (SSSR count). The molecule has 0 aliphatic heterocycles. The fourth-order valence-electron chi connectivity index (χ4n) is 2.84. The first-order chi connectivity index (χ1) is 13.7. The Hall–Kier alpha value is -2.65. The number of carbonyl (C=O) groups excluding carboxylic acids is 2. The number of thioether (sulfide) groups is 1. The fraction of sp³-hybridized carbons (Fsp3) is 0.263. The van der Waals surface area contributed by atoms with E-state index < -0.39 is 17.2 Å². The van der Waals surface area contributed by atoms with E-state index in [1.54, 1.807) is 11.3 Å². The van der Waals surface area contributed by atoms with Crippen LogP contribution in [0.25, 0.3) is 10.7 Å². The Morgan fingerprint density at radius 2 is 1.96 bits per heavy atom. The lowest BCUT2D eigenvalue weighted by molar-refractivity contribution is -0.119. The molecule has 0 spiro atoms. The van der Waals surface area contributed by atoms with E-state index in [1.807, 2.05) is 47.8 Å². The molecule has 0 saturated heterocycles. The van der Waals surface area contributed by atoms with E-state index >= 15 is 0 Å². The lowest BCUT2D eigenvalue weighted by Crippen LogP contribution is -2.39. The minimum absolute atomic E-state index is 0.355. The summed E-state index contributed by atoms with van der Waals surface area (Å²) in [5.74, 6) is 0.442. The molecule has 2 N–H and O–H groups in total. The number of aromatic nitrogens is 3. The Morgan fingerprint density at radius 3 is 2.61 bits per heavy atom. The molecule has 1 atom stereocenters. The van der Waals surface area contributed by atoms with Gasteiger partial charge in [0.1, 0.15) is 5.25 Å². The topological polar surface area (TPSA) is 88.9 Å². The normalized spacial score (nSPS) is 14.5. The molecule has 144 valence electrons. The molecule has 1 aromatic carbocycles. The first-order valence-corrected chi connectivity index (χ1v) is 10.7. The van der Waals surface area contributed by atoms with Gasteiger partial charge in [-0.05, 0) is 29.9 Å². The summed E-state index contributed by atoms with van der Waals surface area (Å²) in [6.07, 6.45) is 2.15. The Morgan fingerprint density at radius 1 is 1.18 bits per heavy atom. The van der Waals surface area contributed by atoms with Gasteiger partial charge in [-0.1, -0.05) is 48.2 Å². The van der Waals surface area contributed by atoms with Crippen molar-refractivity contribution in [2.45, 2.75) is 29.3 Å². The highest BCUT2D eigenvalue weighted by Crippen LogP contribution is 2.44. The van der Waals surface area contributed by atoms with Crippen molar-refractivity contribution in [3.8, 4) is 10.7 Å². The van der Waals surface area contributed by atoms with Crippen LogP contribution in [0.2, 0.25) is 0 Å². The second-order valence-corrected chi connectivity index (χ2v) is 8.38. The summed E-state index contributed by atoms with van der Waals surface area (Å²) in [4.78, 5) is 25.5. The van der Waals surface area contributed by atoms with Gasteiger partial charge < -0.3 is 5.32 Å². The minimum Gasteiger partial charge on any atom is -0.341 e. The van der Waals surface area contributed by atoms with Gasteiger partial charge in [0.05, 0.1) is 4.88 Å². The number of hydrogen-bond donors (Lipinski definition) is 2. The molecule has 28 heavy (non-hydrogen) atoms. The average molecular weight is 414 g/mol. The third-order valence-electron chi connectivity index (χ3n) is 4.35. The van der Waals surface area contributed by atoms with E-state index in [4.69, 9.17) is 0 Å². The van der Waals surface area contributed by atoms with Crippen LogP contribution in [0.4, 0.5) is 4.79 Å². The van der Waals surface area contributed by atoms with Crippen LogP contribution in [0.3, 0.4) is 0 Å². The number of imide groups is 1. The summed E-state index contributed by atoms with van der Waals surface area (Å²) in [5, 5.41) is 15.7. The lowest BCUT2D eigenvalue weighted by atomic mass is 10.1. The van der Waals surface area contributed by atoms with E-state index in [1.165, 1.54) is 18.8 Å². The largest absolute Gasteiger partial charge is 0.341 e. The van der Waals surface area contributed by atoms with Gasteiger partial charge in [-0.15, -0.1) is 21.5 Å². The van der Waals surface area contributed by atoms with Gasteiger partial charge in [0.15, 0.2) is 11.0 Å². The summed E-state index contributed by atoms with van der Waals surface area (Å²) >= 11 is 2.93. The van der Waals surface area contributed by atoms with Gasteiger partial charge in [-0.2, -0.15) is 0 Å². The summed E-state index contributed by atoms with van der Waals surface area (Å²) in [6.45, 7) is 0. The molecule has 0 bridgehead atoms. The monoisotopic (exact) mass is 413 g/mol. The maximum Gasteiger partial charge on any atom is 0.321 e. The summed E-state index contributed by atoms with van der Waals surface area (Å²) in [5.41, 5.74) is 0.803. The maximum atomic E-state index is 12.8. The van der Waals surface area contributed by atoms with E-state index in [-0.39, 0.29) is 0 Å². The van der Waals surface area contributed by atoms with Crippen LogP contribution in [0.1, 0.15) is 29.7 Å². The number of urea groups is 1. The van der Waals surface area contributed by atoms with Crippen molar-refractivity contribution in [1.82, 2.24) is 25.4 Å². The molecule has 1 fully saturated rings. The molecular formula is C19H19N5O2S2. The Balaban J connectivity index is 1.67. The number of rotatable bonds is 6. The van der Waals surface area contributed by atoms with Crippen molar-refractivity contribution >= 4 is 35.0 Å². The zero-order valence-electron chi connectivity index (χ0n) is 15.2. The number of carbonyl (C=O) groups is 2. The van der Waals surface area contributed by atoms with Gasteiger partial charge in [0, 0.05) is 13.1 Å². The highest BCUT2D eigenvalue weighted by Gasteiger charge is 2.33. The molecule has 9 heteroatoms. The number of nitrogens with zero attached hydrogens (tertiary/aromatic N) is 3. The van der Waals surface area contributed by atoms with Crippen LogP contribution in [-0.2, 0) is 4.79 Å². The van der Waals surface area contributed by atoms with Crippen molar-refractivity contribution < 1.29 is 9.59 Å². The molecule has 0 radical (unpaired) electrons. The van der Waals surface area contributed by atoms with Crippen LogP contribution in [0, 0.1) is 0 Å². The first-order valence-electron chi connectivity index (χ1n) is 8.90. The second-order valence-electron chi connectivity index (χ2n) is 6.36. The predicted octanol–water partition coefficient (Wildman–Crippen LogP) is 3.63. The third kappa shape index (κ3) is 3.95. The SMILES string of the molecule is CNC(=O)NC(=O)C(Sc1nnc(-c2cccs2)n1C1CC1)c1ccccc1. The highest BCUT2D eigenvalue weighted by atomic mass is 32.2. The molecule has 2 heterocycles. The van der Waals surface area contributed by atoms with Crippen molar-refractivity contribution in [3.63, 3.8) is 0 Å². The van der Waals surface area contributed by atoms with Crippen LogP contribution >= 0.6 is 23.1 Å². The molecule has 2 aromatic heterocycles. The lowest BCUT2D eigenvalue weighted by Gasteiger charge is -2.16. The van der Waals surface area contributed by atoms with Gasteiger partial charge in [-0.3, -0.25) is 14.7 Å². The van der Waals surface area contributed by atoms with Crippen molar-refractivity contribution in [2.75, 3.05) is 7.05 Å². The van der Waals surface area contributed by atoms with Gasteiger partial charge >= 0.3 is 6.03 Å². The molecular weight excluding hydrogens is 394 g/mol. The van der Waals surface area contributed by atoms with Crippen molar-refractivity contribution in [2.24, 2.45) is 0 Å². The Bertz CT molecular complexity index is 968. The number of amides is 3. The number of hydrogen-bond acceptors (Lipinski definition) is 6. The molecule has 1 unspecified atom stereocenters. The molecule has 7 nitrogen and oxygen atoms in total. The van der Waals surface area contributed by atoms with Gasteiger partial charge in [0.2, 0.25) is 5.91 Å². The van der Waals surface area contributed by atoms with Crippen LogP contribution in [0.5, 0.6) is 0 Å². The molecule has 3 amide bonds. The standard InChI is InChI=1S/C19H19N5O2S2/c1-20-18(26)21-17(25)15(12-6-3-2-4-7-12)28-19-23-22-16(14-8-5-11-27-14)24(19)13-9-10-13/h2-8,11,13,15H,9-10H2,1H3,(H2,20,21,25,26). The maximum absolute atomic E-state index is 12.8. The fourth-order valence-corrected chi connectivity index (χ4v) is 4.65. The minimum atomic E-state index is -0.614. The number of nitrogens with one attached hydrogen (secondary N) is 2. The highest BCUT2D eigenvalue weighted by molar-refractivity contribution is 8.00. The smallest absolute Gasteiger partial charge is 0.321 e. The quantitative estimate of drug-likeness (QED) is 0.603. The van der Waals surface area contributed by atoms with E-state index in [2.05, 4.69) is 25.4 Å². The van der Waals surface area contributed by atoms with E-state index in [0.29, 0.717) is 11.2 Å². The van der Waals surface area contributed by atoms with Gasteiger partial charge in [0.25, 0.3) is 0 Å². The van der Waals surface area contributed by atoms with Crippen LogP contribution in [-0.4, -0.2) is 33.8 Å². The van der Waals surface area contributed by atoms with E-state index in [9.17, 15) is 9.59 Å². The van der Waals surface area contributed by atoms with Crippen LogP contribution < -0.4 is 10.6 Å². The zero-order chi connectivity index (χ0) is 19.5. The number of thiophene rings is 1. The van der Waals surface area contributed by atoms with Gasteiger partial charge in [-0.25, -0.2) is 4.79 Å². The predicted molar refractivity (Wildman–Crippen MR) is 109 cm³/mol. The summed E-state index contributed by atoms with van der Waals surface area (Å²) < 4.78 is 2.12. The Kier molecular flexibility index (Phi) is 5.45. The Labute approximate surface area is 170 Å². The molecule has 1 aliphatic rings. The summed E-state index contributed by atoms with van der Waals surface area (Å²) in [6, 6.07) is 13.2. The van der Waals surface area contributed by atoms with E-state index in [0.717, 1.165) is 29.1 Å².